The minimum atomic E-state index is -0.0512. The molecule has 2 heterocycles. The molecule has 4 nitrogen and oxygen atoms in total. The number of hydrogen-bond acceptors (Lipinski definition) is 3. The van der Waals surface area contributed by atoms with Gasteiger partial charge in [-0.2, -0.15) is 0 Å². The SMILES string of the molecule is Nc1c2c(nc3ccn(Cc4ccccc4)c(=O)c13)CCCC2. The predicted molar refractivity (Wildman–Crippen MR) is 92.6 cm³/mol. The van der Waals surface area contributed by atoms with Gasteiger partial charge in [0.1, 0.15) is 0 Å². The molecule has 0 saturated carbocycles. The largest absolute Gasteiger partial charge is 0.398 e. The second-order valence-corrected chi connectivity index (χ2v) is 6.15. The van der Waals surface area contributed by atoms with Crippen LogP contribution in [0.2, 0.25) is 0 Å². The molecule has 0 amide bonds. The van der Waals surface area contributed by atoms with Gasteiger partial charge in [0.15, 0.2) is 0 Å². The summed E-state index contributed by atoms with van der Waals surface area (Å²) in [6, 6.07) is 11.9. The average Bonchev–Trinajstić information content (AvgIpc) is 2.58. The van der Waals surface area contributed by atoms with Gasteiger partial charge in [0.05, 0.1) is 23.1 Å². The maximum Gasteiger partial charge on any atom is 0.262 e. The van der Waals surface area contributed by atoms with Gasteiger partial charge in [0.2, 0.25) is 0 Å². The lowest BCUT2D eigenvalue weighted by Crippen LogP contribution is -2.23. The molecule has 0 unspecified atom stereocenters. The lowest BCUT2D eigenvalue weighted by molar-refractivity contribution is 0.672. The van der Waals surface area contributed by atoms with Gasteiger partial charge in [-0.25, -0.2) is 0 Å². The predicted octanol–water partition coefficient (Wildman–Crippen LogP) is 2.91. The minimum Gasteiger partial charge on any atom is -0.398 e. The van der Waals surface area contributed by atoms with Crippen molar-refractivity contribution in [1.82, 2.24) is 9.55 Å². The first-order valence-electron chi connectivity index (χ1n) is 8.08. The van der Waals surface area contributed by atoms with E-state index in [9.17, 15) is 4.79 Å². The van der Waals surface area contributed by atoms with Crippen LogP contribution in [0.1, 0.15) is 29.7 Å². The Balaban J connectivity index is 1.88. The molecule has 0 fully saturated rings. The molecule has 23 heavy (non-hydrogen) atoms. The van der Waals surface area contributed by atoms with Crippen molar-refractivity contribution in [1.29, 1.82) is 0 Å². The molecule has 116 valence electrons. The minimum absolute atomic E-state index is 0.0512. The fraction of sp³-hybridized carbons (Fsp3) is 0.263. The molecule has 0 saturated heterocycles. The maximum absolute atomic E-state index is 12.9. The standard InChI is InChI=1S/C19H19N3O/c20-18-14-8-4-5-9-15(14)21-16-10-11-22(19(23)17(16)18)12-13-6-2-1-3-7-13/h1-3,6-7,10-11H,4-5,8-9,12H2,(H2,20,21). The Morgan fingerprint density at radius 1 is 1.09 bits per heavy atom. The number of rotatable bonds is 2. The molecule has 4 rings (SSSR count). The Labute approximate surface area is 134 Å². The first-order valence-corrected chi connectivity index (χ1v) is 8.08. The average molecular weight is 305 g/mol. The van der Waals surface area contributed by atoms with Crippen molar-refractivity contribution in [2.24, 2.45) is 0 Å². The van der Waals surface area contributed by atoms with E-state index in [-0.39, 0.29) is 5.56 Å². The zero-order chi connectivity index (χ0) is 15.8. The molecule has 0 radical (unpaired) electrons. The van der Waals surface area contributed by atoms with Crippen LogP contribution in [0.25, 0.3) is 10.9 Å². The van der Waals surface area contributed by atoms with Crippen molar-refractivity contribution in [2.45, 2.75) is 32.2 Å². The van der Waals surface area contributed by atoms with E-state index in [1.807, 2.05) is 42.6 Å². The van der Waals surface area contributed by atoms with Gasteiger partial charge in [0, 0.05) is 11.9 Å². The Morgan fingerprint density at radius 2 is 1.87 bits per heavy atom. The quantitative estimate of drug-likeness (QED) is 0.792. The van der Waals surface area contributed by atoms with Gasteiger partial charge in [0.25, 0.3) is 5.56 Å². The summed E-state index contributed by atoms with van der Waals surface area (Å²) in [5, 5.41) is 0.573. The number of hydrogen-bond donors (Lipinski definition) is 1. The summed E-state index contributed by atoms with van der Waals surface area (Å²) in [5.41, 5.74) is 10.9. The van der Waals surface area contributed by atoms with E-state index in [1.165, 1.54) is 0 Å². The lowest BCUT2D eigenvalue weighted by Gasteiger charge is -2.18. The molecule has 2 aromatic heterocycles. The first kappa shape index (κ1) is 14.0. The van der Waals surface area contributed by atoms with E-state index in [0.29, 0.717) is 17.6 Å². The Bertz CT molecular complexity index is 929. The van der Waals surface area contributed by atoms with Gasteiger partial charge in [-0.1, -0.05) is 30.3 Å². The summed E-state index contributed by atoms with van der Waals surface area (Å²) >= 11 is 0. The molecule has 1 aromatic carbocycles. The molecular formula is C19H19N3O. The van der Waals surface area contributed by atoms with Crippen molar-refractivity contribution in [2.75, 3.05) is 5.73 Å². The number of anilines is 1. The first-order chi connectivity index (χ1) is 11.2. The highest BCUT2D eigenvalue weighted by Crippen LogP contribution is 2.29. The van der Waals surface area contributed by atoms with E-state index in [4.69, 9.17) is 10.7 Å². The zero-order valence-corrected chi connectivity index (χ0v) is 13.0. The van der Waals surface area contributed by atoms with E-state index < -0.39 is 0 Å². The van der Waals surface area contributed by atoms with Crippen molar-refractivity contribution < 1.29 is 0 Å². The molecular weight excluding hydrogens is 286 g/mol. The van der Waals surface area contributed by atoms with Crippen LogP contribution < -0.4 is 11.3 Å². The highest BCUT2D eigenvalue weighted by Gasteiger charge is 2.18. The van der Waals surface area contributed by atoms with E-state index in [1.54, 1.807) is 4.57 Å². The third-order valence-electron chi connectivity index (χ3n) is 4.63. The van der Waals surface area contributed by atoms with Crippen LogP contribution in [0.5, 0.6) is 0 Å². The number of fused-ring (bicyclic) bond motifs is 2. The summed E-state index contributed by atoms with van der Waals surface area (Å²) in [5.74, 6) is 0. The van der Waals surface area contributed by atoms with Crippen molar-refractivity contribution in [3.05, 3.63) is 69.8 Å². The van der Waals surface area contributed by atoms with E-state index in [0.717, 1.165) is 48.0 Å². The smallest absolute Gasteiger partial charge is 0.262 e. The van der Waals surface area contributed by atoms with E-state index in [2.05, 4.69) is 0 Å². The third kappa shape index (κ3) is 2.40. The second-order valence-electron chi connectivity index (χ2n) is 6.15. The molecule has 4 heteroatoms. The summed E-state index contributed by atoms with van der Waals surface area (Å²) in [4.78, 5) is 17.6. The number of pyridine rings is 2. The zero-order valence-electron chi connectivity index (χ0n) is 13.0. The molecule has 1 aliphatic carbocycles. The molecule has 2 N–H and O–H groups in total. The van der Waals surface area contributed by atoms with E-state index >= 15 is 0 Å². The molecule has 0 bridgehead atoms. The van der Waals surface area contributed by atoms with Crippen molar-refractivity contribution in [3.63, 3.8) is 0 Å². The maximum atomic E-state index is 12.9. The van der Waals surface area contributed by atoms with Crippen LogP contribution in [0.15, 0.2) is 47.4 Å². The number of nitrogen functional groups attached to an aromatic ring is 1. The molecule has 0 atom stereocenters. The van der Waals surface area contributed by atoms with Crippen LogP contribution in [-0.2, 0) is 19.4 Å². The lowest BCUT2D eigenvalue weighted by atomic mass is 9.93. The van der Waals surface area contributed by atoms with Crippen LogP contribution in [0, 0.1) is 0 Å². The topological polar surface area (TPSA) is 60.9 Å². The van der Waals surface area contributed by atoms with Crippen LogP contribution >= 0.6 is 0 Å². The summed E-state index contributed by atoms with van der Waals surface area (Å²) in [6.07, 6.45) is 5.98. The fourth-order valence-electron chi connectivity index (χ4n) is 3.41. The number of nitrogens with zero attached hydrogens (tertiary/aromatic N) is 2. The molecule has 1 aliphatic rings. The second kappa shape index (κ2) is 5.54. The molecule has 0 aliphatic heterocycles. The third-order valence-corrected chi connectivity index (χ3v) is 4.63. The fourth-order valence-corrected chi connectivity index (χ4v) is 3.41. The Hall–Kier alpha value is -2.62. The van der Waals surface area contributed by atoms with Crippen LogP contribution in [0.3, 0.4) is 0 Å². The van der Waals surface area contributed by atoms with Gasteiger partial charge in [-0.15, -0.1) is 0 Å². The molecule has 0 spiro atoms. The summed E-state index contributed by atoms with van der Waals surface area (Å²) in [7, 11) is 0. The highest BCUT2D eigenvalue weighted by molar-refractivity contribution is 5.91. The Morgan fingerprint density at radius 3 is 2.70 bits per heavy atom. The monoisotopic (exact) mass is 305 g/mol. The van der Waals surface area contributed by atoms with Gasteiger partial charge in [-0.3, -0.25) is 9.78 Å². The number of nitrogens with two attached hydrogens (primary N) is 1. The Kier molecular flexibility index (Phi) is 3.37. The summed E-state index contributed by atoms with van der Waals surface area (Å²) < 4.78 is 1.71. The highest BCUT2D eigenvalue weighted by atomic mass is 16.1. The normalized spacial score (nSPS) is 13.9. The number of benzene rings is 1. The van der Waals surface area contributed by atoms with Gasteiger partial charge >= 0.3 is 0 Å². The van der Waals surface area contributed by atoms with Crippen LogP contribution in [-0.4, -0.2) is 9.55 Å². The van der Waals surface area contributed by atoms with Crippen molar-refractivity contribution >= 4 is 16.6 Å². The molecule has 3 aromatic rings. The van der Waals surface area contributed by atoms with Gasteiger partial charge in [-0.05, 0) is 42.9 Å². The number of aromatic nitrogens is 2. The summed E-state index contributed by atoms with van der Waals surface area (Å²) in [6.45, 7) is 0.548. The number of aryl methyl sites for hydroxylation is 1. The van der Waals surface area contributed by atoms with Crippen molar-refractivity contribution in [3.8, 4) is 0 Å². The van der Waals surface area contributed by atoms with Crippen LogP contribution in [0.4, 0.5) is 5.69 Å². The van der Waals surface area contributed by atoms with Gasteiger partial charge < -0.3 is 10.3 Å².